The van der Waals surface area contributed by atoms with Crippen molar-refractivity contribution in [2.75, 3.05) is 31.8 Å². The van der Waals surface area contributed by atoms with E-state index in [1.54, 1.807) is 7.11 Å². The third-order valence-corrected chi connectivity index (χ3v) is 4.50. The van der Waals surface area contributed by atoms with E-state index < -0.39 is 0 Å². The molecule has 1 saturated heterocycles. The van der Waals surface area contributed by atoms with Crippen molar-refractivity contribution in [1.82, 2.24) is 4.90 Å². The standard InChI is InChI=1S/C13H26N2O2S/c1-3-4-5-12(14)13(16)15(7-8-17-2)11-6-9-18-10-11/h11-12H,3-10,14H2,1-2H3. The van der Waals surface area contributed by atoms with Crippen LogP contribution in [-0.4, -0.2) is 54.7 Å². The van der Waals surface area contributed by atoms with E-state index in [1.165, 1.54) is 0 Å². The third-order valence-electron chi connectivity index (χ3n) is 3.35. The molecule has 18 heavy (non-hydrogen) atoms. The van der Waals surface area contributed by atoms with E-state index in [9.17, 15) is 4.79 Å². The van der Waals surface area contributed by atoms with E-state index in [0.717, 1.165) is 37.2 Å². The lowest BCUT2D eigenvalue weighted by atomic mass is 10.1. The van der Waals surface area contributed by atoms with Gasteiger partial charge >= 0.3 is 0 Å². The van der Waals surface area contributed by atoms with Crippen molar-refractivity contribution < 1.29 is 9.53 Å². The lowest BCUT2D eigenvalue weighted by Gasteiger charge is -2.30. The molecule has 1 amide bonds. The summed E-state index contributed by atoms with van der Waals surface area (Å²) in [4.78, 5) is 14.3. The highest BCUT2D eigenvalue weighted by atomic mass is 32.2. The molecule has 1 rings (SSSR count). The summed E-state index contributed by atoms with van der Waals surface area (Å²) in [7, 11) is 1.67. The Balaban J connectivity index is 2.53. The van der Waals surface area contributed by atoms with Gasteiger partial charge in [0.1, 0.15) is 0 Å². The minimum Gasteiger partial charge on any atom is -0.383 e. The Bertz CT molecular complexity index is 245. The van der Waals surface area contributed by atoms with Crippen LogP contribution in [-0.2, 0) is 9.53 Å². The number of rotatable bonds is 8. The van der Waals surface area contributed by atoms with Gasteiger partial charge in [-0.15, -0.1) is 0 Å². The smallest absolute Gasteiger partial charge is 0.239 e. The molecular weight excluding hydrogens is 248 g/mol. The van der Waals surface area contributed by atoms with Crippen molar-refractivity contribution in [2.24, 2.45) is 5.73 Å². The van der Waals surface area contributed by atoms with Gasteiger partial charge in [-0.2, -0.15) is 11.8 Å². The monoisotopic (exact) mass is 274 g/mol. The van der Waals surface area contributed by atoms with Crippen molar-refractivity contribution in [1.29, 1.82) is 0 Å². The lowest BCUT2D eigenvalue weighted by Crippen LogP contribution is -2.50. The SMILES string of the molecule is CCCCC(N)C(=O)N(CCOC)C1CCSC1. The van der Waals surface area contributed by atoms with Crippen LogP contribution in [0.2, 0.25) is 0 Å². The van der Waals surface area contributed by atoms with Gasteiger partial charge in [0.2, 0.25) is 5.91 Å². The Kier molecular flexibility index (Phi) is 7.70. The van der Waals surface area contributed by atoms with E-state index in [2.05, 4.69) is 6.92 Å². The molecule has 0 bridgehead atoms. The molecule has 1 aliphatic heterocycles. The maximum atomic E-state index is 12.4. The number of carbonyl (C=O) groups is 1. The minimum absolute atomic E-state index is 0.105. The number of hydrogen-bond donors (Lipinski definition) is 1. The fourth-order valence-electron chi connectivity index (χ4n) is 2.19. The zero-order chi connectivity index (χ0) is 13.4. The largest absolute Gasteiger partial charge is 0.383 e. The van der Waals surface area contributed by atoms with Crippen LogP contribution < -0.4 is 5.73 Å². The second-order valence-electron chi connectivity index (χ2n) is 4.79. The van der Waals surface area contributed by atoms with Gasteiger partial charge in [-0.3, -0.25) is 4.79 Å². The molecule has 0 radical (unpaired) electrons. The van der Waals surface area contributed by atoms with Gasteiger partial charge in [-0.1, -0.05) is 19.8 Å². The summed E-state index contributed by atoms with van der Waals surface area (Å²) in [6.07, 6.45) is 3.97. The molecular formula is C13H26N2O2S. The van der Waals surface area contributed by atoms with Gasteiger partial charge in [-0.25, -0.2) is 0 Å². The Hall–Kier alpha value is -0.260. The predicted molar refractivity (Wildman–Crippen MR) is 76.8 cm³/mol. The molecule has 106 valence electrons. The summed E-state index contributed by atoms with van der Waals surface area (Å²) in [5.41, 5.74) is 6.00. The molecule has 1 fully saturated rings. The summed E-state index contributed by atoms with van der Waals surface area (Å²) in [5, 5.41) is 0. The first-order valence-corrected chi connectivity index (χ1v) is 7.98. The topological polar surface area (TPSA) is 55.6 Å². The average Bonchev–Trinajstić information content (AvgIpc) is 2.90. The van der Waals surface area contributed by atoms with E-state index in [1.807, 2.05) is 16.7 Å². The predicted octanol–water partition coefficient (Wildman–Crippen LogP) is 1.48. The van der Waals surface area contributed by atoms with Gasteiger partial charge in [0, 0.05) is 25.4 Å². The zero-order valence-electron chi connectivity index (χ0n) is 11.6. The molecule has 0 spiro atoms. The molecule has 2 unspecified atom stereocenters. The molecule has 4 nitrogen and oxygen atoms in total. The number of nitrogens with two attached hydrogens (primary N) is 1. The zero-order valence-corrected chi connectivity index (χ0v) is 12.4. The van der Waals surface area contributed by atoms with Gasteiger partial charge < -0.3 is 15.4 Å². The highest BCUT2D eigenvalue weighted by molar-refractivity contribution is 7.99. The third kappa shape index (κ3) is 4.78. The molecule has 1 heterocycles. The Morgan fingerprint density at radius 1 is 1.61 bits per heavy atom. The lowest BCUT2D eigenvalue weighted by molar-refractivity contribution is -0.135. The van der Waals surface area contributed by atoms with Crippen LogP contribution >= 0.6 is 11.8 Å². The van der Waals surface area contributed by atoms with E-state index in [4.69, 9.17) is 10.5 Å². The summed E-state index contributed by atoms with van der Waals surface area (Å²) < 4.78 is 5.10. The maximum Gasteiger partial charge on any atom is 0.239 e. The first-order chi connectivity index (χ1) is 8.70. The number of amides is 1. The van der Waals surface area contributed by atoms with Crippen molar-refractivity contribution in [3.63, 3.8) is 0 Å². The van der Waals surface area contributed by atoms with Gasteiger partial charge in [0.05, 0.1) is 12.6 Å². The average molecular weight is 274 g/mol. The number of ether oxygens (including phenoxy) is 1. The minimum atomic E-state index is -0.340. The first kappa shape index (κ1) is 15.8. The van der Waals surface area contributed by atoms with E-state index in [0.29, 0.717) is 19.2 Å². The second kappa shape index (κ2) is 8.77. The fourth-order valence-corrected chi connectivity index (χ4v) is 3.41. The van der Waals surface area contributed by atoms with Crippen LogP contribution in [0.5, 0.6) is 0 Å². The highest BCUT2D eigenvalue weighted by Gasteiger charge is 2.29. The van der Waals surface area contributed by atoms with Crippen LogP contribution in [0.3, 0.4) is 0 Å². The maximum absolute atomic E-state index is 12.4. The summed E-state index contributed by atoms with van der Waals surface area (Å²) >= 11 is 1.92. The van der Waals surface area contributed by atoms with Gasteiger partial charge in [0.25, 0.3) is 0 Å². The molecule has 1 aliphatic rings. The van der Waals surface area contributed by atoms with Crippen LogP contribution in [0, 0.1) is 0 Å². The van der Waals surface area contributed by atoms with E-state index in [-0.39, 0.29) is 11.9 Å². The number of thioether (sulfide) groups is 1. The Labute approximate surface area is 115 Å². The van der Waals surface area contributed by atoms with Crippen molar-refractivity contribution >= 4 is 17.7 Å². The second-order valence-corrected chi connectivity index (χ2v) is 5.94. The van der Waals surface area contributed by atoms with Crippen LogP contribution in [0.4, 0.5) is 0 Å². The van der Waals surface area contributed by atoms with E-state index >= 15 is 0 Å². The summed E-state index contributed by atoms with van der Waals surface area (Å²) in [5.74, 6) is 2.29. The Morgan fingerprint density at radius 3 is 2.94 bits per heavy atom. The van der Waals surface area contributed by atoms with Gasteiger partial charge in [-0.05, 0) is 18.6 Å². The number of carbonyl (C=O) groups excluding carboxylic acids is 1. The quantitative estimate of drug-likeness (QED) is 0.728. The first-order valence-electron chi connectivity index (χ1n) is 6.83. The summed E-state index contributed by atoms with van der Waals surface area (Å²) in [6.45, 7) is 3.38. The Morgan fingerprint density at radius 2 is 2.39 bits per heavy atom. The number of nitrogens with zero attached hydrogens (tertiary/aromatic N) is 1. The van der Waals surface area contributed by atoms with Gasteiger partial charge in [0.15, 0.2) is 0 Å². The molecule has 0 saturated carbocycles. The van der Waals surface area contributed by atoms with Crippen LogP contribution in [0.25, 0.3) is 0 Å². The fraction of sp³-hybridized carbons (Fsp3) is 0.923. The highest BCUT2D eigenvalue weighted by Crippen LogP contribution is 2.23. The number of unbranched alkanes of at least 4 members (excludes halogenated alkanes) is 1. The number of hydrogen-bond acceptors (Lipinski definition) is 4. The van der Waals surface area contributed by atoms with Crippen LogP contribution in [0.1, 0.15) is 32.6 Å². The molecule has 0 aliphatic carbocycles. The van der Waals surface area contributed by atoms with Crippen molar-refractivity contribution in [2.45, 2.75) is 44.7 Å². The summed E-state index contributed by atoms with van der Waals surface area (Å²) in [6, 6.07) is 0.0118. The number of methoxy groups -OCH3 is 1. The molecule has 0 aromatic rings. The van der Waals surface area contributed by atoms with Crippen molar-refractivity contribution in [3.05, 3.63) is 0 Å². The van der Waals surface area contributed by atoms with Crippen LogP contribution in [0.15, 0.2) is 0 Å². The molecule has 5 heteroatoms. The molecule has 2 N–H and O–H groups in total. The molecule has 2 atom stereocenters. The normalized spacial score (nSPS) is 20.9. The van der Waals surface area contributed by atoms with Crippen molar-refractivity contribution in [3.8, 4) is 0 Å². The molecule has 0 aromatic carbocycles. The molecule has 0 aromatic heterocycles.